The molecule has 0 saturated carbocycles. The zero-order valence-electron chi connectivity index (χ0n) is 14.5. The minimum absolute atomic E-state index is 0.0859. The monoisotopic (exact) mass is 353 g/mol. The van der Waals surface area contributed by atoms with E-state index in [1.165, 1.54) is 12.1 Å². The quantitative estimate of drug-likeness (QED) is 0.786. The molecule has 3 aromatic rings. The van der Waals surface area contributed by atoms with Gasteiger partial charge >= 0.3 is 0 Å². The number of piperidine rings is 1. The molecule has 0 spiro atoms. The Labute approximate surface area is 150 Å². The van der Waals surface area contributed by atoms with Crippen LogP contribution in [-0.4, -0.2) is 33.6 Å². The van der Waals surface area contributed by atoms with Gasteiger partial charge in [0.1, 0.15) is 5.82 Å². The Morgan fingerprint density at radius 1 is 1.27 bits per heavy atom. The highest BCUT2D eigenvalue weighted by atomic mass is 19.1. The molecule has 1 aromatic carbocycles. The van der Waals surface area contributed by atoms with Gasteiger partial charge < -0.3 is 10.2 Å². The summed E-state index contributed by atoms with van der Waals surface area (Å²) >= 11 is 0. The van der Waals surface area contributed by atoms with E-state index in [2.05, 4.69) is 20.4 Å². The first kappa shape index (κ1) is 16.5. The maximum atomic E-state index is 13.5. The molecule has 0 unspecified atom stereocenters. The van der Waals surface area contributed by atoms with E-state index in [9.17, 15) is 9.18 Å². The molecule has 1 fully saturated rings. The van der Waals surface area contributed by atoms with E-state index in [-0.39, 0.29) is 17.6 Å². The molecule has 7 heteroatoms. The number of fused-ring (bicyclic) bond motifs is 1. The van der Waals surface area contributed by atoms with Crippen LogP contribution < -0.4 is 10.2 Å². The summed E-state index contributed by atoms with van der Waals surface area (Å²) in [6.07, 6.45) is 3.61. The minimum Gasteiger partial charge on any atom is -0.340 e. The van der Waals surface area contributed by atoms with E-state index in [4.69, 9.17) is 0 Å². The van der Waals surface area contributed by atoms with Gasteiger partial charge in [-0.3, -0.25) is 9.20 Å². The fourth-order valence-electron chi connectivity index (χ4n) is 3.38. The Hall–Kier alpha value is -2.96. The van der Waals surface area contributed by atoms with Crippen molar-refractivity contribution >= 4 is 23.2 Å². The average molecular weight is 353 g/mol. The molecule has 0 aliphatic carbocycles. The third-order valence-corrected chi connectivity index (χ3v) is 4.83. The van der Waals surface area contributed by atoms with Crippen molar-refractivity contribution in [1.29, 1.82) is 0 Å². The highest BCUT2D eigenvalue weighted by molar-refractivity contribution is 5.93. The van der Waals surface area contributed by atoms with Gasteiger partial charge in [-0.1, -0.05) is 12.1 Å². The van der Waals surface area contributed by atoms with Crippen molar-refractivity contribution in [1.82, 2.24) is 14.6 Å². The van der Waals surface area contributed by atoms with Crippen molar-refractivity contribution in [3.8, 4) is 0 Å². The molecule has 26 heavy (non-hydrogen) atoms. The van der Waals surface area contributed by atoms with Crippen molar-refractivity contribution in [3.63, 3.8) is 0 Å². The molecule has 1 N–H and O–H groups in total. The molecule has 1 amide bonds. The summed E-state index contributed by atoms with van der Waals surface area (Å²) in [6.45, 7) is 3.25. The molecule has 0 radical (unpaired) electrons. The van der Waals surface area contributed by atoms with Crippen LogP contribution in [0.5, 0.6) is 0 Å². The van der Waals surface area contributed by atoms with Crippen LogP contribution in [0.4, 0.5) is 16.0 Å². The fourth-order valence-corrected chi connectivity index (χ4v) is 3.38. The Morgan fingerprint density at radius 2 is 2.15 bits per heavy atom. The SMILES string of the molecule is Cc1ccc(F)cc1NC(=O)[C@H]1CCCN(c2nnc3ccccn23)C1. The molecule has 1 aliphatic rings. The van der Waals surface area contributed by atoms with Gasteiger partial charge in [-0.25, -0.2) is 4.39 Å². The lowest BCUT2D eigenvalue weighted by molar-refractivity contribution is -0.120. The summed E-state index contributed by atoms with van der Waals surface area (Å²) in [4.78, 5) is 14.8. The molecule has 2 aromatic heterocycles. The van der Waals surface area contributed by atoms with Crippen LogP contribution in [0.3, 0.4) is 0 Å². The summed E-state index contributed by atoms with van der Waals surface area (Å²) in [6, 6.07) is 10.2. The number of nitrogens with zero attached hydrogens (tertiary/aromatic N) is 4. The smallest absolute Gasteiger partial charge is 0.231 e. The lowest BCUT2D eigenvalue weighted by atomic mass is 9.97. The summed E-state index contributed by atoms with van der Waals surface area (Å²) in [5, 5.41) is 11.3. The normalized spacial score (nSPS) is 17.5. The number of hydrogen-bond donors (Lipinski definition) is 1. The van der Waals surface area contributed by atoms with Gasteiger partial charge in [-0.15, -0.1) is 10.2 Å². The van der Waals surface area contributed by atoms with Gasteiger partial charge in [-0.05, 0) is 49.6 Å². The van der Waals surface area contributed by atoms with E-state index in [1.807, 2.05) is 35.7 Å². The molecule has 134 valence electrons. The van der Waals surface area contributed by atoms with Gasteiger partial charge in [0, 0.05) is 25.0 Å². The summed E-state index contributed by atoms with van der Waals surface area (Å²) in [5.74, 6) is 0.130. The average Bonchev–Trinajstić information content (AvgIpc) is 3.09. The molecular formula is C19H20FN5O. The van der Waals surface area contributed by atoms with Crippen molar-refractivity contribution in [3.05, 3.63) is 54.0 Å². The highest BCUT2D eigenvalue weighted by Crippen LogP contribution is 2.24. The molecule has 6 nitrogen and oxygen atoms in total. The number of nitrogens with one attached hydrogen (secondary N) is 1. The number of anilines is 2. The van der Waals surface area contributed by atoms with E-state index < -0.39 is 0 Å². The number of carbonyl (C=O) groups is 1. The third kappa shape index (κ3) is 3.12. The Kier molecular flexibility index (Phi) is 4.28. The number of hydrogen-bond acceptors (Lipinski definition) is 4. The van der Waals surface area contributed by atoms with Gasteiger partial charge in [0.05, 0.1) is 5.92 Å². The molecule has 1 atom stereocenters. The minimum atomic E-state index is -0.355. The Balaban J connectivity index is 1.51. The second-order valence-electron chi connectivity index (χ2n) is 6.66. The van der Waals surface area contributed by atoms with Crippen LogP contribution >= 0.6 is 0 Å². The van der Waals surface area contributed by atoms with Crippen LogP contribution in [0.1, 0.15) is 18.4 Å². The standard InChI is InChI=1S/C19H20FN5O/c1-13-7-8-15(20)11-16(13)21-18(26)14-5-4-9-24(12-14)19-23-22-17-6-2-3-10-25(17)19/h2-3,6-8,10-11,14H,4-5,9,12H2,1H3,(H,21,26)/t14-/m0/s1. The Bertz CT molecular complexity index is 954. The molecular weight excluding hydrogens is 333 g/mol. The zero-order valence-corrected chi connectivity index (χ0v) is 14.5. The highest BCUT2D eigenvalue weighted by Gasteiger charge is 2.28. The zero-order chi connectivity index (χ0) is 18.1. The summed E-state index contributed by atoms with van der Waals surface area (Å²) < 4.78 is 15.4. The van der Waals surface area contributed by atoms with Gasteiger partial charge in [-0.2, -0.15) is 0 Å². The van der Waals surface area contributed by atoms with Crippen LogP contribution in [0, 0.1) is 18.7 Å². The van der Waals surface area contributed by atoms with Crippen molar-refractivity contribution in [2.45, 2.75) is 19.8 Å². The van der Waals surface area contributed by atoms with Crippen LogP contribution in [0.15, 0.2) is 42.6 Å². The summed E-state index contributed by atoms with van der Waals surface area (Å²) in [7, 11) is 0. The lowest BCUT2D eigenvalue weighted by Crippen LogP contribution is -2.41. The van der Waals surface area contributed by atoms with Crippen molar-refractivity contribution < 1.29 is 9.18 Å². The number of pyridine rings is 1. The van der Waals surface area contributed by atoms with Gasteiger partial charge in [0.2, 0.25) is 11.9 Å². The van der Waals surface area contributed by atoms with Crippen molar-refractivity contribution in [2.24, 2.45) is 5.92 Å². The molecule has 1 aliphatic heterocycles. The maximum absolute atomic E-state index is 13.5. The van der Waals surface area contributed by atoms with Crippen LogP contribution in [0.2, 0.25) is 0 Å². The predicted octanol–water partition coefficient (Wildman–Crippen LogP) is 3.03. The topological polar surface area (TPSA) is 62.5 Å². The summed E-state index contributed by atoms with van der Waals surface area (Å²) in [5.41, 5.74) is 2.15. The number of carbonyl (C=O) groups excluding carboxylic acids is 1. The van der Waals surface area contributed by atoms with E-state index in [1.54, 1.807) is 6.07 Å². The second-order valence-corrected chi connectivity index (χ2v) is 6.66. The largest absolute Gasteiger partial charge is 0.340 e. The molecule has 3 heterocycles. The van der Waals surface area contributed by atoms with Crippen LogP contribution in [0.25, 0.3) is 5.65 Å². The lowest BCUT2D eigenvalue weighted by Gasteiger charge is -2.32. The fraction of sp³-hybridized carbons (Fsp3) is 0.316. The number of aromatic nitrogens is 3. The van der Waals surface area contributed by atoms with E-state index >= 15 is 0 Å². The number of amides is 1. The molecule has 4 rings (SSSR count). The second kappa shape index (κ2) is 6.74. The van der Waals surface area contributed by atoms with E-state index in [0.717, 1.165) is 36.5 Å². The van der Waals surface area contributed by atoms with Gasteiger partial charge in [0.15, 0.2) is 5.65 Å². The van der Waals surface area contributed by atoms with Crippen LogP contribution in [-0.2, 0) is 4.79 Å². The first-order valence-electron chi connectivity index (χ1n) is 8.73. The third-order valence-electron chi connectivity index (χ3n) is 4.83. The van der Waals surface area contributed by atoms with E-state index in [0.29, 0.717) is 12.2 Å². The number of aryl methyl sites for hydroxylation is 1. The molecule has 0 bridgehead atoms. The molecule has 1 saturated heterocycles. The first-order valence-corrected chi connectivity index (χ1v) is 8.73. The number of rotatable bonds is 3. The van der Waals surface area contributed by atoms with Crippen molar-refractivity contribution in [2.75, 3.05) is 23.3 Å². The number of benzene rings is 1. The van der Waals surface area contributed by atoms with Gasteiger partial charge in [0.25, 0.3) is 0 Å². The maximum Gasteiger partial charge on any atom is 0.231 e. The predicted molar refractivity (Wildman–Crippen MR) is 97.7 cm³/mol. The number of halogens is 1. The Morgan fingerprint density at radius 3 is 3.04 bits per heavy atom. The first-order chi connectivity index (χ1) is 12.6.